The Morgan fingerprint density at radius 1 is 1.24 bits per heavy atom. The molecule has 1 atom stereocenters. The predicted octanol–water partition coefficient (Wildman–Crippen LogP) is 1.70. The van der Waals surface area contributed by atoms with E-state index in [1.165, 1.54) is 10.6 Å². The molecule has 1 unspecified atom stereocenters. The lowest BCUT2D eigenvalue weighted by Gasteiger charge is -2.31. The Hall–Kier alpha value is -0.620. The smallest absolute Gasteiger partial charge is 0.224 e. The van der Waals surface area contributed by atoms with Gasteiger partial charge in [-0.2, -0.15) is 0 Å². The average molecular weight is 318 g/mol. The van der Waals surface area contributed by atoms with Gasteiger partial charge in [-0.3, -0.25) is 4.79 Å². The van der Waals surface area contributed by atoms with E-state index in [1.807, 2.05) is 0 Å². The zero-order valence-electron chi connectivity index (χ0n) is 13.9. The van der Waals surface area contributed by atoms with Crippen LogP contribution in [0.4, 0.5) is 0 Å². The second kappa shape index (κ2) is 7.58. The summed E-state index contributed by atoms with van der Waals surface area (Å²) in [6.45, 7) is 10.2. The van der Waals surface area contributed by atoms with E-state index in [0.717, 1.165) is 12.8 Å². The number of nitrogens with one attached hydrogen (secondary N) is 1. The average Bonchev–Trinajstić information content (AvgIpc) is 2.37. The van der Waals surface area contributed by atoms with Crippen molar-refractivity contribution in [3.63, 3.8) is 0 Å². The van der Waals surface area contributed by atoms with Gasteiger partial charge in [0.2, 0.25) is 15.9 Å². The Kier molecular flexibility index (Phi) is 6.66. The van der Waals surface area contributed by atoms with Gasteiger partial charge in [-0.1, -0.05) is 27.7 Å². The normalized spacial score (nSPS) is 21.2. The lowest BCUT2D eigenvalue weighted by Crippen LogP contribution is -2.46. The highest BCUT2D eigenvalue weighted by Gasteiger charge is 2.30. The molecule has 1 rings (SSSR count). The topological polar surface area (TPSA) is 66.5 Å². The van der Waals surface area contributed by atoms with Crippen LogP contribution in [0.2, 0.25) is 0 Å². The molecule has 1 fully saturated rings. The number of rotatable bonds is 6. The van der Waals surface area contributed by atoms with Gasteiger partial charge in [-0.05, 0) is 30.6 Å². The van der Waals surface area contributed by atoms with Gasteiger partial charge in [0.25, 0.3) is 0 Å². The Morgan fingerprint density at radius 3 is 2.29 bits per heavy atom. The third-order valence-corrected chi connectivity index (χ3v) is 5.72. The number of nitrogens with zero attached hydrogens (tertiary/aromatic N) is 1. The lowest BCUT2D eigenvalue weighted by atomic mass is 9.85. The molecule has 0 saturated carbocycles. The van der Waals surface area contributed by atoms with E-state index in [1.54, 1.807) is 0 Å². The van der Waals surface area contributed by atoms with Crippen LogP contribution in [0.5, 0.6) is 0 Å². The Labute approximate surface area is 129 Å². The van der Waals surface area contributed by atoms with E-state index in [4.69, 9.17) is 0 Å². The highest BCUT2D eigenvalue weighted by molar-refractivity contribution is 7.88. The van der Waals surface area contributed by atoms with Crippen LogP contribution in [0.25, 0.3) is 0 Å². The fraction of sp³-hybridized carbons (Fsp3) is 0.933. The van der Waals surface area contributed by atoms with Gasteiger partial charge in [0.05, 0.1) is 12.2 Å². The molecule has 0 spiro atoms. The molecule has 21 heavy (non-hydrogen) atoms. The van der Waals surface area contributed by atoms with Crippen molar-refractivity contribution < 1.29 is 13.2 Å². The zero-order valence-corrected chi connectivity index (χ0v) is 14.7. The van der Waals surface area contributed by atoms with Gasteiger partial charge in [-0.15, -0.1) is 0 Å². The van der Waals surface area contributed by atoms with E-state index in [-0.39, 0.29) is 11.8 Å². The van der Waals surface area contributed by atoms with Crippen molar-refractivity contribution in [1.82, 2.24) is 9.62 Å². The molecule has 0 bridgehead atoms. The lowest BCUT2D eigenvalue weighted by molar-refractivity contribution is -0.126. The first kappa shape index (κ1) is 18.4. The van der Waals surface area contributed by atoms with Crippen molar-refractivity contribution >= 4 is 15.9 Å². The van der Waals surface area contributed by atoms with Crippen molar-refractivity contribution in [2.75, 3.05) is 25.9 Å². The monoisotopic (exact) mass is 318 g/mol. The van der Waals surface area contributed by atoms with E-state index in [9.17, 15) is 13.2 Å². The van der Waals surface area contributed by atoms with Crippen LogP contribution < -0.4 is 5.32 Å². The third-order valence-electron chi connectivity index (χ3n) is 4.45. The number of hydrogen-bond acceptors (Lipinski definition) is 3. The quantitative estimate of drug-likeness (QED) is 0.810. The molecule has 1 saturated heterocycles. The van der Waals surface area contributed by atoms with Crippen LogP contribution in [0.3, 0.4) is 0 Å². The van der Waals surface area contributed by atoms with Gasteiger partial charge < -0.3 is 5.32 Å². The fourth-order valence-corrected chi connectivity index (χ4v) is 3.97. The Morgan fingerprint density at radius 2 is 1.81 bits per heavy atom. The summed E-state index contributed by atoms with van der Waals surface area (Å²) >= 11 is 0. The minimum Gasteiger partial charge on any atom is -0.356 e. The molecule has 0 aliphatic carbocycles. The van der Waals surface area contributed by atoms with Gasteiger partial charge in [0, 0.05) is 19.6 Å². The van der Waals surface area contributed by atoms with Crippen LogP contribution in [-0.2, 0) is 14.8 Å². The number of piperidine rings is 1. The summed E-state index contributed by atoms with van der Waals surface area (Å²) in [6, 6.07) is 0. The van der Waals surface area contributed by atoms with Gasteiger partial charge >= 0.3 is 0 Å². The van der Waals surface area contributed by atoms with Crippen LogP contribution in [0.15, 0.2) is 0 Å². The molecular weight excluding hydrogens is 288 g/mol. The van der Waals surface area contributed by atoms with Crippen molar-refractivity contribution in [2.45, 2.75) is 40.5 Å². The molecule has 1 heterocycles. The second-order valence-electron chi connectivity index (χ2n) is 6.86. The van der Waals surface area contributed by atoms with Crippen molar-refractivity contribution in [3.8, 4) is 0 Å². The van der Waals surface area contributed by atoms with E-state index in [2.05, 4.69) is 33.0 Å². The summed E-state index contributed by atoms with van der Waals surface area (Å²) in [7, 11) is -3.20. The molecule has 1 aliphatic heterocycles. The summed E-state index contributed by atoms with van der Waals surface area (Å²) in [6.07, 6.45) is 2.73. The predicted molar refractivity (Wildman–Crippen MR) is 85.3 cm³/mol. The summed E-state index contributed by atoms with van der Waals surface area (Å²) in [5.41, 5.74) is 0. The summed E-state index contributed by atoms with van der Waals surface area (Å²) in [4.78, 5) is 12.3. The molecule has 1 N–H and O–H groups in total. The maximum absolute atomic E-state index is 12.3. The van der Waals surface area contributed by atoms with Crippen LogP contribution >= 0.6 is 0 Å². The van der Waals surface area contributed by atoms with Crippen molar-refractivity contribution in [1.29, 1.82) is 0 Å². The maximum Gasteiger partial charge on any atom is 0.224 e. The first-order chi connectivity index (χ1) is 9.62. The molecular formula is C15H30N2O3S. The van der Waals surface area contributed by atoms with Gasteiger partial charge in [-0.25, -0.2) is 12.7 Å². The standard InChI is InChI=1S/C15H30N2O3S/c1-11(2)14(12(3)4)9-16-15(18)13-7-6-8-17(10-13)21(5,19)20/h11-14H,6-10H2,1-5H3,(H,16,18). The number of hydrogen-bond donors (Lipinski definition) is 1. The summed E-state index contributed by atoms with van der Waals surface area (Å²) < 4.78 is 24.6. The minimum absolute atomic E-state index is 0.00495. The van der Waals surface area contributed by atoms with Crippen LogP contribution in [-0.4, -0.2) is 44.5 Å². The van der Waals surface area contributed by atoms with E-state index >= 15 is 0 Å². The Bertz CT molecular complexity index is 438. The number of amides is 1. The molecule has 5 nitrogen and oxygen atoms in total. The summed E-state index contributed by atoms with van der Waals surface area (Å²) in [5.74, 6) is 1.26. The molecule has 1 aliphatic rings. The SMILES string of the molecule is CC(C)C(CNC(=O)C1CCCN(S(C)(=O)=O)C1)C(C)C. The highest BCUT2D eigenvalue weighted by atomic mass is 32.2. The molecule has 0 radical (unpaired) electrons. The number of carbonyl (C=O) groups excluding carboxylic acids is 1. The number of sulfonamides is 1. The molecule has 1 amide bonds. The van der Waals surface area contributed by atoms with E-state index < -0.39 is 10.0 Å². The fourth-order valence-electron chi connectivity index (χ4n) is 3.06. The molecule has 0 aromatic rings. The van der Waals surface area contributed by atoms with Crippen LogP contribution in [0.1, 0.15) is 40.5 Å². The van der Waals surface area contributed by atoms with Gasteiger partial charge in [0.15, 0.2) is 0 Å². The van der Waals surface area contributed by atoms with Gasteiger partial charge in [0.1, 0.15) is 0 Å². The van der Waals surface area contributed by atoms with Crippen molar-refractivity contribution in [3.05, 3.63) is 0 Å². The Balaban J connectivity index is 2.55. The molecule has 0 aromatic carbocycles. The van der Waals surface area contributed by atoms with Crippen molar-refractivity contribution in [2.24, 2.45) is 23.7 Å². The maximum atomic E-state index is 12.3. The highest BCUT2D eigenvalue weighted by Crippen LogP contribution is 2.21. The minimum atomic E-state index is -3.20. The second-order valence-corrected chi connectivity index (χ2v) is 8.84. The first-order valence-electron chi connectivity index (χ1n) is 7.85. The largest absolute Gasteiger partial charge is 0.356 e. The van der Waals surface area contributed by atoms with Crippen LogP contribution in [0, 0.1) is 23.7 Å². The molecule has 124 valence electrons. The van der Waals surface area contributed by atoms with E-state index in [0.29, 0.717) is 37.4 Å². The summed E-state index contributed by atoms with van der Waals surface area (Å²) in [5, 5.41) is 3.03. The first-order valence-corrected chi connectivity index (χ1v) is 9.70. The molecule has 6 heteroatoms. The zero-order chi connectivity index (χ0) is 16.2. The third kappa shape index (κ3) is 5.58. The molecule has 0 aromatic heterocycles. The number of carbonyl (C=O) groups is 1.